The van der Waals surface area contributed by atoms with Crippen LogP contribution in [0, 0.1) is 0 Å². The molecule has 1 saturated heterocycles. The second-order valence-corrected chi connectivity index (χ2v) is 8.46. The first-order chi connectivity index (χ1) is 10.2. The van der Waals surface area contributed by atoms with Crippen LogP contribution >= 0.6 is 0 Å². The standard InChI is InChI=1S/C15H32O5Si/c1-5-8-14(9-6-2)20-21(16-3,17-4)11-7-10-18-12-15-13-19-15/h14-15H,5-13H2,1-4H3. The molecule has 0 amide bonds. The van der Waals surface area contributed by atoms with Gasteiger partial charge in [-0.25, -0.2) is 0 Å². The average Bonchev–Trinajstić information content (AvgIpc) is 3.30. The highest BCUT2D eigenvalue weighted by Crippen LogP contribution is 2.22. The minimum Gasteiger partial charge on any atom is -0.379 e. The number of rotatable bonds is 14. The van der Waals surface area contributed by atoms with E-state index in [1.165, 1.54) is 0 Å². The summed E-state index contributed by atoms with van der Waals surface area (Å²) in [5, 5.41) is 0. The molecule has 0 radical (unpaired) electrons. The predicted octanol–water partition coefficient (Wildman–Crippen LogP) is 3.01. The number of epoxide rings is 1. The molecule has 1 atom stereocenters. The molecule has 126 valence electrons. The van der Waals surface area contributed by atoms with Gasteiger partial charge in [0.1, 0.15) is 6.10 Å². The molecule has 0 aromatic rings. The molecule has 1 rings (SSSR count). The fourth-order valence-electron chi connectivity index (χ4n) is 2.37. The van der Waals surface area contributed by atoms with E-state index in [2.05, 4.69) is 13.8 Å². The van der Waals surface area contributed by atoms with Gasteiger partial charge in [-0.1, -0.05) is 26.7 Å². The van der Waals surface area contributed by atoms with Gasteiger partial charge in [0, 0.05) is 33.0 Å². The van der Waals surface area contributed by atoms with Crippen LogP contribution in [0.1, 0.15) is 46.0 Å². The van der Waals surface area contributed by atoms with Crippen molar-refractivity contribution >= 4 is 8.80 Å². The van der Waals surface area contributed by atoms with E-state index in [0.29, 0.717) is 19.3 Å². The molecule has 0 aromatic heterocycles. The Bertz CT molecular complexity index is 250. The quantitative estimate of drug-likeness (QED) is 0.280. The summed E-state index contributed by atoms with van der Waals surface area (Å²) in [4.78, 5) is 0. The van der Waals surface area contributed by atoms with Crippen molar-refractivity contribution in [3.05, 3.63) is 0 Å². The first-order valence-electron chi connectivity index (χ1n) is 8.17. The van der Waals surface area contributed by atoms with Crippen molar-refractivity contribution in [3.8, 4) is 0 Å². The van der Waals surface area contributed by atoms with Crippen LogP contribution in [0.3, 0.4) is 0 Å². The zero-order chi connectivity index (χ0) is 15.6. The first-order valence-corrected chi connectivity index (χ1v) is 10.1. The summed E-state index contributed by atoms with van der Waals surface area (Å²) >= 11 is 0. The van der Waals surface area contributed by atoms with Crippen LogP contribution in [-0.2, 0) is 22.8 Å². The molecule has 1 fully saturated rings. The Kier molecular flexibility index (Phi) is 9.71. The minimum absolute atomic E-state index is 0.243. The van der Waals surface area contributed by atoms with Crippen molar-refractivity contribution in [2.24, 2.45) is 0 Å². The summed E-state index contributed by atoms with van der Waals surface area (Å²) in [5.74, 6) is 0. The van der Waals surface area contributed by atoms with E-state index in [9.17, 15) is 0 Å². The monoisotopic (exact) mass is 320 g/mol. The third kappa shape index (κ3) is 7.72. The smallest absolute Gasteiger partial charge is 0.379 e. The van der Waals surface area contributed by atoms with Gasteiger partial charge in [0.25, 0.3) is 0 Å². The van der Waals surface area contributed by atoms with Crippen LogP contribution in [0.4, 0.5) is 0 Å². The van der Waals surface area contributed by atoms with E-state index in [1.807, 2.05) is 0 Å². The lowest BCUT2D eigenvalue weighted by Gasteiger charge is -2.31. The van der Waals surface area contributed by atoms with Crippen molar-refractivity contribution < 1.29 is 22.8 Å². The summed E-state index contributed by atoms with van der Waals surface area (Å²) in [6.45, 7) is 6.61. The highest BCUT2D eigenvalue weighted by Gasteiger charge is 2.40. The van der Waals surface area contributed by atoms with Crippen LogP contribution in [0.25, 0.3) is 0 Å². The van der Waals surface area contributed by atoms with Crippen LogP contribution in [-0.4, -0.2) is 55.1 Å². The van der Waals surface area contributed by atoms with E-state index in [-0.39, 0.29) is 6.10 Å². The Hall–Kier alpha value is 0.0169. The van der Waals surface area contributed by atoms with Crippen molar-refractivity contribution in [1.82, 2.24) is 0 Å². The summed E-state index contributed by atoms with van der Waals surface area (Å²) in [5.41, 5.74) is 0. The lowest BCUT2D eigenvalue weighted by Crippen LogP contribution is -2.47. The molecule has 0 aliphatic carbocycles. The van der Waals surface area contributed by atoms with E-state index in [0.717, 1.165) is 44.8 Å². The lowest BCUT2D eigenvalue weighted by atomic mass is 10.1. The van der Waals surface area contributed by atoms with Crippen molar-refractivity contribution in [2.45, 2.75) is 64.2 Å². The number of ether oxygens (including phenoxy) is 2. The molecule has 21 heavy (non-hydrogen) atoms. The van der Waals surface area contributed by atoms with Gasteiger partial charge in [-0.2, -0.15) is 0 Å². The van der Waals surface area contributed by atoms with Crippen molar-refractivity contribution in [3.63, 3.8) is 0 Å². The minimum atomic E-state index is -2.55. The van der Waals surface area contributed by atoms with E-state index >= 15 is 0 Å². The SMILES string of the molecule is CCCC(CCC)O[Si](CCCOCC1CO1)(OC)OC. The highest BCUT2D eigenvalue weighted by atomic mass is 28.4. The Morgan fingerprint density at radius 1 is 1.14 bits per heavy atom. The Balaban J connectivity index is 2.34. The Morgan fingerprint density at radius 2 is 1.76 bits per heavy atom. The average molecular weight is 321 g/mol. The van der Waals surface area contributed by atoms with Gasteiger partial charge in [-0.05, 0) is 19.3 Å². The molecular weight excluding hydrogens is 288 g/mol. The van der Waals surface area contributed by atoms with E-state index in [4.69, 9.17) is 22.8 Å². The molecule has 0 saturated carbocycles. The molecule has 1 aliphatic heterocycles. The van der Waals surface area contributed by atoms with E-state index in [1.54, 1.807) is 14.2 Å². The third-order valence-corrected chi connectivity index (χ3v) is 6.57. The third-order valence-electron chi connectivity index (χ3n) is 3.67. The highest BCUT2D eigenvalue weighted by molar-refractivity contribution is 6.60. The predicted molar refractivity (Wildman–Crippen MR) is 84.4 cm³/mol. The molecule has 0 spiro atoms. The molecule has 0 N–H and O–H groups in total. The zero-order valence-corrected chi connectivity index (χ0v) is 15.1. The largest absolute Gasteiger partial charge is 0.500 e. The van der Waals surface area contributed by atoms with Gasteiger partial charge in [-0.15, -0.1) is 0 Å². The molecular formula is C15H32O5Si. The van der Waals surface area contributed by atoms with E-state index < -0.39 is 8.80 Å². The summed E-state index contributed by atoms with van der Waals surface area (Å²) in [7, 11) is 0.842. The Labute approximate surface area is 130 Å². The first kappa shape index (κ1) is 19.1. The second kappa shape index (κ2) is 10.7. The molecule has 1 aliphatic rings. The van der Waals surface area contributed by atoms with Crippen LogP contribution in [0.15, 0.2) is 0 Å². The molecule has 0 aromatic carbocycles. The molecule has 5 nitrogen and oxygen atoms in total. The summed E-state index contributed by atoms with van der Waals surface area (Å²) < 4.78 is 28.3. The fourth-order valence-corrected chi connectivity index (χ4v) is 4.58. The van der Waals surface area contributed by atoms with Crippen LogP contribution < -0.4 is 0 Å². The van der Waals surface area contributed by atoms with Gasteiger partial charge >= 0.3 is 8.80 Å². The summed E-state index contributed by atoms with van der Waals surface area (Å²) in [6, 6.07) is 0.801. The van der Waals surface area contributed by atoms with Crippen molar-refractivity contribution in [1.29, 1.82) is 0 Å². The van der Waals surface area contributed by atoms with Gasteiger partial charge in [0.2, 0.25) is 0 Å². The lowest BCUT2D eigenvalue weighted by molar-refractivity contribution is 0.0428. The maximum Gasteiger partial charge on any atom is 0.500 e. The van der Waals surface area contributed by atoms with Crippen LogP contribution in [0.2, 0.25) is 6.04 Å². The topological polar surface area (TPSA) is 49.5 Å². The van der Waals surface area contributed by atoms with Crippen molar-refractivity contribution in [2.75, 3.05) is 34.0 Å². The van der Waals surface area contributed by atoms with Gasteiger partial charge < -0.3 is 22.8 Å². The molecule has 1 heterocycles. The van der Waals surface area contributed by atoms with Gasteiger partial charge in [0.15, 0.2) is 0 Å². The number of hydrogen-bond donors (Lipinski definition) is 0. The maximum absolute atomic E-state index is 6.27. The van der Waals surface area contributed by atoms with Crippen LogP contribution in [0.5, 0.6) is 0 Å². The second-order valence-electron chi connectivity index (χ2n) is 5.54. The normalized spacial score (nSPS) is 18.4. The number of hydrogen-bond acceptors (Lipinski definition) is 5. The molecule has 6 heteroatoms. The molecule has 0 bridgehead atoms. The Morgan fingerprint density at radius 3 is 2.24 bits per heavy atom. The maximum atomic E-state index is 6.27. The summed E-state index contributed by atoms with van der Waals surface area (Å²) in [6.07, 6.45) is 5.82. The van der Waals surface area contributed by atoms with Gasteiger partial charge in [-0.3, -0.25) is 0 Å². The fraction of sp³-hybridized carbons (Fsp3) is 1.00. The zero-order valence-electron chi connectivity index (χ0n) is 14.1. The molecule has 1 unspecified atom stereocenters. The van der Waals surface area contributed by atoms with Gasteiger partial charge in [0.05, 0.1) is 13.2 Å².